The summed E-state index contributed by atoms with van der Waals surface area (Å²) in [6.07, 6.45) is 3.30. The van der Waals surface area contributed by atoms with Crippen LogP contribution in [0.4, 0.5) is 4.39 Å². The summed E-state index contributed by atoms with van der Waals surface area (Å²) in [5.41, 5.74) is 5.42. The van der Waals surface area contributed by atoms with Crippen LogP contribution < -0.4 is 5.19 Å². The smallest absolute Gasteiger partial charge is 0.143 e. The van der Waals surface area contributed by atoms with E-state index in [0.717, 1.165) is 32.8 Å². The molecule has 6 rings (SSSR count). The molecular formula is C37H37FIrN2SSi-2. The molecule has 0 atom stereocenters. The normalized spacial score (nSPS) is 12.1. The van der Waals surface area contributed by atoms with Crippen molar-refractivity contribution in [3.05, 3.63) is 114 Å². The number of pyridine rings is 2. The fourth-order valence-corrected chi connectivity index (χ4v) is 7.87. The molecule has 3 aromatic carbocycles. The first-order valence-corrected chi connectivity index (χ1v) is 18.6. The Balaban J connectivity index is 0.000000199. The zero-order chi connectivity index (χ0) is 30.9. The molecule has 0 amide bonds. The topological polar surface area (TPSA) is 25.8 Å². The molecule has 3 heterocycles. The van der Waals surface area contributed by atoms with Gasteiger partial charge in [0.25, 0.3) is 0 Å². The fourth-order valence-electron chi connectivity index (χ4n) is 5.08. The van der Waals surface area contributed by atoms with E-state index in [1.807, 2.05) is 76.4 Å². The van der Waals surface area contributed by atoms with Gasteiger partial charge in [0.15, 0.2) is 0 Å². The summed E-state index contributed by atoms with van der Waals surface area (Å²) in [7, 11) is -1.50. The number of hydrogen-bond acceptors (Lipinski definition) is 3. The summed E-state index contributed by atoms with van der Waals surface area (Å²) in [5, 5.41) is 3.72. The van der Waals surface area contributed by atoms with Crippen molar-refractivity contribution in [1.29, 1.82) is 0 Å². The molecule has 0 aliphatic rings. The summed E-state index contributed by atoms with van der Waals surface area (Å²) in [4.78, 5) is 8.92. The molecule has 0 aliphatic carbocycles. The van der Waals surface area contributed by atoms with Crippen molar-refractivity contribution < 1.29 is 25.9 Å². The van der Waals surface area contributed by atoms with Gasteiger partial charge in [0.1, 0.15) is 5.82 Å². The molecule has 0 aliphatic heterocycles. The second kappa shape index (κ2) is 13.7. The summed E-state index contributed by atoms with van der Waals surface area (Å²) < 4.78 is 24.8. The molecule has 0 saturated heterocycles. The van der Waals surface area contributed by atoms with Gasteiger partial charge in [0.05, 0.1) is 14.3 Å². The quantitative estimate of drug-likeness (QED) is 0.129. The van der Waals surface area contributed by atoms with Gasteiger partial charge in [-0.25, -0.2) is 4.39 Å². The Morgan fingerprint density at radius 3 is 2.19 bits per heavy atom. The zero-order valence-electron chi connectivity index (χ0n) is 26.7. The Hall–Kier alpha value is -3.02. The number of rotatable bonds is 5. The van der Waals surface area contributed by atoms with E-state index in [0.29, 0.717) is 5.56 Å². The van der Waals surface area contributed by atoms with Gasteiger partial charge in [-0.1, -0.05) is 88.6 Å². The number of hydrogen-bond donors (Lipinski definition) is 0. The molecular weight excluding hydrogens is 744 g/mol. The molecule has 3 aromatic heterocycles. The standard InChI is InChI=1S/C20H15FNS.C17H22NSi.Ir/c1-12(2)16-10-18(22-11-17(16)21)15-8-5-7-14-13-6-3-4-9-19(13)23-20(14)15;1-13(2)15-11-16(14-9-7-6-8-10-14)18-12-17(15)19(3,4)5;/h3-7,9-12H,1-2H3;6-9,11-13H,1-5H3;/q2*-1;/i;13D;. The average molecular weight is 782 g/mol. The van der Waals surface area contributed by atoms with E-state index in [2.05, 4.69) is 72.1 Å². The zero-order valence-corrected chi connectivity index (χ0v) is 29.9. The molecule has 0 spiro atoms. The Labute approximate surface area is 275 Å². The number of benzene rings is 3. The third-order valence-corrected chi connectivity index (χ3v) is 10.6. The Morgan fingerprint density at radius 2 is 1.51 bits per heavy atom. The van der Waals surface area contributed by atoms with Crippen molar-refractivity contribution in [1.82, 2.24) is 9.97 Å². The number of aromatic nitrogens is 2. The average Bonchev–Trinajstić information content (AvgIpc) is 3.36. The van der Waals surface area contributed by atoms with Crippen LogP contribution in [-0.2, 0) is 20.1 Å². The van der Waals surface area contributed by atoms with Gasteiger partial charge in [0, 0.05) is 32.4 Å². The SMILES string of the molecule is CC(C)c1cc(-c2[c-]ccc3c2sc2ccccc23)ncc1F.[2H]C(C)(C)c1cc(-c2[c-]cccc2)ncc1[Si](C)(C)C.[Ir]. The minimum atomic E-state index is -1.50. The maximum absolute atomic E-state index is 13.9. The van der Waals surface area contributed by atoms with Crippen LogP contribution in [0.15, 0.2) is 85.2 Å². The van der Waals surface area contributed by atoms with Crippen LogP contribution in [-0.4, -0.2) is 18.0 Å². The van der Waals surface area contributed by atoms with Gasteiger partial charge < -0.3 is 9.97 Å². The van der Waals surface area contributed by atoms with Gasteiger partial charge in [0.2, 0.25) is 0 Å². The monoisotopic (exact) mass is 782 g/mol. The van der Waals surface area contributed by atoms with Gasteiger partial charge in [-0.05, 0) is 50.1 Å². The van der Waals surface area contributed by atoms with Gasteiger partial charge >= 0.3 is 0 Å². The Morgan fingerprint density at radius 1 is 0.814 bits per heavy atom. The van der Waals surface area contributed by atoms with Crippen molar-refractivity contribution in [2.45, 2.75) is 59.1 Å². The number of thiophene rings is 1. The van der Waals surface area contributed by atoms with Crippen LogP contribution in [0.25, 0.3) is 42.7 Å². The minimum Gasteiger partial charge on any atom is -0.305 e. The molecule has 1 radical (unpaired) electrons. The van der Waals surface area contributed by atoms with E-state index < -0.39 is 14.0 Å². The second-order valence-electron chi connectivity index (χ2n) is 12.1. The Kier molecular flexibility index (Phi) is 10.0. The number of nitrogens with zero attached hydrogens (tertiary/aromatic N) is 2. The van der Waals surface area contributed by atoms with Crippen LogP contribution in [0.1, 0.15) is 52.0 Å². The molecule has 0 N–H and O–H groups in total. The first-order valence-electron chi connectivity index (χ1n) is 14.8. The maximum Gasteiger partial charge on any atom is 0.143 e. The van der Waals surface area contributed by atoms with Crippen LogP contribution in [0.5, 0.6) is 0 Å². The third-order valence-electron chi connectivity index (χ3n) is 7.34. The first kappa shape index (κ1) is 31.4. The minimum absolute atomic E-state index is 0. The van der Waals surface area contributed by atoms with E-state index in [-0.39, 0.29) is 31.8 Å². The first-order chi connectivity index (χ1) is 20.3. The van der Waals surface area contributed by atoms with Crippen LogP contribution >= 0.6 is 11.3 Å². The largest absolute Gasteiger partial charge is 0.305 e. The van der Waals surface area contributed by atoms with E-state index in [9.17, 15) is 4.39 Å². The summed E-state index contributed by atoms with van der Waals surface area (Å²) in [6.45, 7) is 14.8. The van der Waals surface area contributed by atoms with Crippen molar-refractivity contribution in [2.75, 3.05) is 0 Å². The summed E-state index contributed by atoms with van der Waals surface area (Å²) >= 11 is 1.74. The van der Waals surface area contributed by atoms with E-state index in [1.165, 1.54) is 26.9 Å². The van der Waals surface area contributed by atoms with E-state index in [1.54, 1.807) is 11.3 Å². The number of halogens is 1. The van der Waals surface area contributed by atoms with Crippen molar-refractivity contribution in [2.24, 2.45) is 0 Å². The van der Waals surface area contributed by atoms with Crippen LogP contribution in [0.2, 0.25) is 19.6 Å². The molecule has 6 aromatic rings. The van der Waals surface area contributed by atoms with Crippen molar-refractivity contribution >= 4 is 44.8 Å². The molecule has 223 valence electrons. The van der Waals surface area contributed by atoms with Gasteiger partial charge in [-0.15, -0.1) is 59.7 Å². The summed E-state index contributed by atoms with van der Waals surface area (Å²) in [5.74, 6) is -0.729. The molecule has 0 fully saturated rings. The fraction of sp³-hybridized carbons (Fsp3) is 0.243. The van der Waals surface area contributed by atoms with Crippen LogP contribution in [0.3, 0.4) is 0 Å². The van der Waals surface area contributed by atoms with Crippen LogP contribution in [0, 0.1) is 17.9 Å². The van der Waals surface area contributed by atoms with Gasteiger partial charge in [-0.3, -0.25) is 0 Å². The molecule has 2 nitrogen and oxygen atoms in total. The molecule has 0 saturated carbocycles. The van der Waals surface area contributed by atoms with E-state index >= 15 is 0 Å². The summed E-state index contributed by atoms with van der Waals surface area (Å²) in [6, 6.07) is 30.7. The molecule has 0 bridgehead atoms. The predicted molar refractivity (Wildman–Crippen MR) is 181 cm³/mol. The van der Waals surface area contributed by atoms with E-state index in [4.69, 9.17) is 1.37 Å². The molecule has 0 unspecified atom stereocenters. The number of fused-ring (bicyclic) bond motifs is 3. The second-order valence-corrected chi connectivity index (χ2v) is 18.2. The van der Waals surface area contributed by atoms with Crippen molar-refractivity contribution in [3.63, 3.8) is 0 Å². The predicted octanol–water partition coefficient (Wildman–Crippen LogP) is 10.4. The third kappa shape index (κ3) is 7.21. The maximum atomic E-state index is 13.9. The van der Waals surface area contributed by atoms with Crippen molar-refractivity contribution in [3.8, 4) is 22.5 Å². The Bertz CT molecular complexity index is 1890. The molecule has 6 heteroatoms. The molecule has 43 heavy (non-hydrogen) atoms. The van der Waals surface area contributed by atoms with Gasteiger partial charge in [-0.2, -0.15) is 11.3 Å².